The number of benzene rings is 1. The van der Waals surface area contributed by atoms with Crippen LogP contribution in [0.3, 0.4) is 0 Å². The molecular formula is C31H36F7N7O2. The summed E-state index contributed by atoms with van der Waals surface area (Å²) in [6, 6.07) is -0.0741. The van der Waals surface area contributed by atoms with E-state index < -0.39 is 63.4 Å². The lowest BCUT2D eigenvalue weighted by Crippen LogP contribution is -2.48. The van der Waals surface area contributed by atoms with Gasteiger partial charge in [0.05, 0.1) is 24.0 Å². The molecule has 0 amide bonds. The summed E-state index contributed by atoms with van der Waals surface area (Å²) in [6.07, 6.45) is -4.38. The van der Waals surface area contributed by atoms with Crippen LogP contribution in [0, 0.1) is 24.5 Å². The zero-order valence-electron chi connectivity index (χ0n) is 26.1. The minimum Gasteiger partial charge on any atom is -0.474 e. The van der Waals surface area contributed by atoms with E-state index in [-0.39, 0.29) is 73.8 Å². The Morgan fingerprint density at radius 2 is 1.89 bits per heavy atom. The summed E-state index contributed by atoms with van der Waals surface area (Å²) in [7, 11) is 0. The summed E-state index contributed by atoms with van der Waals surface area (Å²) in [5.41, 5.74) is 0.868. The molecule has 2 saturated heterocycles. The molecule has 0 bridgehead atoms. The topological polar surface area (TPSA) is 110 Å². The van der Waals surface area contributed by atoms with Crippen molar-refractivity contribution >= 4 is 22.4 Å². The molecule has 2 fully saturated rings. The lowest BCUT2D eigenvalue weighted by molar-refractivity contribution is -0.137. The quantitative estimate of drug-likeness (QED) is 0.218. The Bertz CT molecular complexity index is 1670. The number of hydrogen-bond donors (Lipinski definition) is 3. The summed E-state index contributed by atoms with van der Waals surface area (Å²) in [5, 5.41) is 6.26. The number of hydrogen-bond acceptors (Lipinski definition) is 9. The van der Waals surface area contributed by atoms with Gasteiger partial charge in [-0.15, -0.1) is 0 Å². The third-order valence-electron chi connectivity index (χ3n) is 9.16. The molecule has 4 N–H and O–H groups in total. The van der Waals surface area contributed by atoms with Gasteiger partial charge in [0.25, 0.3) is 5.92 Å². The fraction of sp³-hybridized carbons (Fsp3) is 0.581. The molecule has 0 spiro atoms. The molecule has 0 radical (unpaired) electrons. The molecule has 3 aromatic rings. The molecule has 16 heteroatoms. The van der Waals surface area contributed by atoms with Gasteiger partial charge in [0.15, 0.2) is 5.82 Å². The van der Waals surface area contributed by atoms with E-state index in [2.05, 4.69) is 25.6 Å². The van der Waals surface area contributed by atoms with E-state index in [9.17, 15) is 26.3 Å². The maximum absolute atomic E-state index is 16.6. The molecule has 1 aromatic carbocycles. The number of rotatable bonds is 4. The first-order chi connectivity index (χ1) is 22.1. The summed E-state index contributed by atoms with van der Waals surface area (Å²) >= 11 is 0. The van der Waals surface area contributed by atoms with Crippen LogP contribution in [0.5, 0.6) is 11.9 Å². The average molecular weight is 672 g/mol. The number of ether oxygens (including phenoxy) is 2. The Hall–Kier alpha value is -3.66. The second-order valence-electron chi connectivity index (χ2n) is 12.8. The van der Waals surface area contributed by atoms with Crippen molar-refractivity contribution in [3.63, 3.8) is 0 Å². The SMILES string of the molecule is Cc1c(F)c(N)cc(-c2nc3c4c(nc(OCC5CC[C@@H]6CC(F)(F)CCN56)nc4c2F)NCNCC(C)C[C@H](C)O3)c1C(F)(F)F. The van der Waals surface area contributed by atoms with Gasteiger partial charge in [-0.2, -0.15) is 23.1 Å². The fourth-order valence-electron chi connectivity index (χ4n) is 6.99. The number of nitrogens with one attached hydrogen (secondary N) is 2. The number of aromatic nitrogens is 3. The van der Waals surface area contributed by atoms with Gasteiger partial charge in [-0.05, 0) is 57.2 Å². The lowest BCUT2D eigenvalue weighted by Gasteiger charge is -2.37. The van der Waals surface area contributed by atoms with Crippen LogP contribution in [-0.2, 0) is 6.18 Å². The van der Waals surface area contributed by atoms with Crippen molar-refractivity contribution in [3.05, 3.63) is 28.8 Å². The van der Waals surface area contributed by atoms with E-state index in [0.717, 1.165) is 6.92 Å². The predicted molar refractivity (Wildman–Crippen MR) is 160 cm³/mol. The smallest absolute Gasteiger partial charge is 0.417 e. The van der Waals surface area contributed by atoms with E-state index in [1.807, 2.05) is 11.8 Å². The Kier molecular flexibility index (Phi) is 8.78. The van der Waals surface area contributed by atoms with E-state index in [0.29, 0.717) is 31.9 Å². The van der Waals surface area contributed by atoms with Gasteiger partial charge in [-0.1, -0.05) is 6.92 Å². The molecule has 2 aromatic heterocycles. The van der Waals surface area contributed by atoms with Gasteiger partial charge in [0.1, 0.15) is 34.8 Å². The largest absolute Gasteiger partial charge is 0.474 e. The van der Waals surface area contributed by atoms with E-state index in [1.165, 1.54) is 0 Å². The highest BCUT2D eigenvalue weighted by molar-refractivity contribution is 5.96. The van der Waals surface area contributed by atoms with Gasteiger partial charge in [0, 0.05) is 37.0 Å². The van der Waals surface area contributed by atoms with Crippen LogP contribution in [0.1, 0.15) is 57.1 Å². The summed E-state index contributed by atoms with van der Waals surface area (Å²) in [5.74, 6) is -5.29. The van der Waals surface area contributed by atoms with Crippen LogP contribution in [0.4, 0.5) is 42.2 Å². The standard InChI is InChI=1S/C31H36F7N7O2/c1-14-8-15(2)47-28-21-26(24(33)25(42-28)19-9-20(39)23(32)16(3)22(19)31(36,37)38)43-29(44-27(21)41-13-40-11-14)46-12-18-5-4-17-10-30(34,35)6-7-45(17)18/h9,14-15,17-18,40H,4-8,10-13,39H2,1-3H3,(H,41,43,44)/t14?,15-,17+,18?/m0/s1. The number of halogens is 7. The highest BCUT2D eigenvalue weighted by Gasteiger charge is 2.46. The van der Waals surface area contributed by atoms with Gasteiger partial charge < -0.3 is 20.5 Å². The second kappa shape index (κ2) is 12.4. The maximum Gasteiger partial charge on any atom is 0.417 e. The summed E-state index contributed by atoms with van der Waals surface area (Å²) < 4.78 is 114. The number of fused-ring (bicyclic) bond motifs is 1. The highest BCUT2D eigenvalue weighted by atomic mass is 19.4. The molecule has 256 valence electrons. The van der Waals surface area contributed by atoms with Crippen LogP contribution >= 0.6 is 0 Å². The molecule has 9 nitrogen and oxygen atoms in total. The van der Waals surface area contributed by atoms with Crippen molar-refractivity contribution in [1.82, 2.24) is 25.2 Å². The van der Waals surface area contributed by atoms with E-state index >= 15 is 4.39 Å². The first kappa shape index (κ1) is 33.2. The molecule has 0 aliphatic carbocycles. The van der Waals surface area contributed by atoms with Crippen LogP contribution in [-0.4, -0.2) is 70.3 Å². The zero-order chi connectivity index (χ0) is 33.8. The predicted octanol–water partition coefficient (Wildman–Crippen LogP) is 6.29. The number of alkyl halides is 5. The van der Waals surface area contributed by atoms with E-state index in [1.54, 1.807) is 6.92 Å². The fourth-order valence-corrected chi connectivity index (χ4v) is 6.99. The monoisotopic (exact) mass is 671 g/mol. The Balaban J connectivity index is 1.48. The molecular weight excluding hydrogens is 635 g/mol. The molecule has 3 aliphatic rings. The van der Waals surface area contributed by atoms with Crippen LogP contribution in [0.25, 0.3) is 22.2 Å². The van der Waals surface area contributed by atoms with Crippen molar-refractivity contribution in [2.45, 2.75) is 83.2 Å². The minimum absolute atomic E-state index is 0.0225. The maximum atomic E-state index is 16.6. The van der Waals surface area contributed by atoms with Crippen molar-refractivity contribution in [2.24, 2.45) is 5.92 Å². The number of nitrogen functional groups attached to an aromatic ring is 1. The Morgan fingerprint density at radius 1 is 1.13 bits per heavy atom. The second-order valence-corrected chi connectivity index (χ2v) is 12.8. The molecule has 3 aliphatic heterocycles. The number of anilines is 2. The minimum atomic E-state index is -5.09. The Labute approximate surface area is 266 Å². The van der Waals surface area contributed by atoms with Crippen molar-refractivity contribution in [2.75, 3.05) is 37.4 Å². The van der Waals surface area contributed by atoms with E-state index in [4.69, 9.17) is 15.2 Å². The van der Waals surface area contributed by atoms with Crippen molar-refractivity contribution in [3.8, 4) is 23.1 Å². The first-order valence-corrected chi connectivity index (χ1v) is 15.6. The third kappa shape index (κ3) is 6.58. The number of nitrogens with two attached hydrogens (primary N) is 1. The van der Waals surface area contributed by atoms with Gasteiger partial charge >= 0.3 is 12.2 Å². The molecule has 2 unspecified atom stereocenters. The van der Waals surface area contributed by atoms with Crippen molar-refractivity contribution < 1.29 is 40.2 Å². The third-order valence-corrected chi connectivity index (χ3v) is 9.16. The zero-order valence-corrected chi connectivity index (χ0v) is 26.1. The molecule has 47 heavy (non-hydrogen) atoms. The summed E-state index contributed by atoms with van der Waals surface area (Å²) in [4.78, 5) is 15.0. The first-order valence-electron chi connectivity index (χ1n) is 15.6. The van der Waals surface area contributed by atoms with Gasteiger partial charge in [-0.3, -0.25) is 10.2 Å². The molecule has 6 rings (SSSR count). The normalized spacial score (nSPS) is 25.1. The molecule has 4 atom stereocenters. The Morgan fingerprint density at radius 3 is 2.64 bits per heavy atom. The molecule has 5 heterocycles. The van der Waals surface area contributed by atoms with Gasteiger partial charge in [-0.25, -0.2) is 22.5 Å². The average Bonchev–Trinajstić information content (AvgIpc) is 3.36. The number of pyridine rings is 1. The number of nitrogens with zero attached hydrogens (tertiary/aromatic N) is 4. The van der Waals surface area contributed by atoms with Crippen LogP contribution in [0.15, 0.2) is 6.07 Å². The highest BCUT2D eigenvalue weighted by Crippen LogP contribution is 2.45. The van der Waals surface area contributed by atoms with Crippen LogP contribution in [0.2, 0.25) is 0 Å². The lowest BCUT2D eigenvalue weighted by atomic mass is 9.96. The van der Waals surface area contributed by atoms with Gasteiger partial charge in [0.2, 0.25) is 5.88 Å². The summed E-state index contributed by atoms with van der Waals surface area (Å²) in [6.45, 7) is 5.64. The molecule has 0 saturated carbocycles. The number of piperidine rings is 1. The van der Waals surface area contributed by atoms with Crippen molar-refractivity contribution in [1.29, 1.82) is 0 Å². The van der Waals surface area contributed by atoms with Crippen LogP contribution < -0.4 is 25.8 Å².